The zero-order valence-corrected chi connectivity index (χ0v) is 14.4. The van der Waals surface area contributed by atoms with E-state index in [1.807, 2.05) is 25.1 Å². The topological polar surface area (TPSA) is 86.7 Å². The van der Waals surface area contributed by atoms with E-state index in [-0.39, 0.29) is 31.3 Å². The number of benzene rings is 1. The molecule has 0 aromatic heterocycles. The second-order valence-electron chi connectivity index (χ2n) is 5.48. The van der Waals surface area contributed by atoms with Crippen LogP contribution in [-0.4, -0.2) is 40.4 Å². The fraction of sp³-hybridized carbons (Fsp3) is 0.438. The number of amides is 2. The summed E-state index contributed by atoms with van der Waals surface area (Å²) in [6, 6.07) is 4.68. The van der Waals surface area contributed by atoms with Crippen molar-refractivity contribution >= 4 is 33.7 Å². The van der Waals surface area contributed by atoms with Gasteiger partial charge in [-0.15, -0.1) is 0 Å². The van der Waals surface area contributed by atoms with Crippen molar-refractivity contribution in [1.82, 2.24) is 10.2 Å². The average Bonchev–Trinajstić information content (AvgIpc) is 2.52. The predicted molar refractivity (Wildman–Crippen MR) is 87.7 cm³/mol. The Labute approximate surface area is 143 Å². The predicted octanol–water partition coefficient (Wildman–Crippen LogP) is 1.70. The Balaban J connectivity index is 2.14. The lowest BCUT2D eigenvalue weighted by molar-refractivity contribution is -0.151. The van der Waals surface area contributed by atoms with Gasteiger partial charge in [0.25, 0.3) is 0 Å². The van der Waals surface area contributed by atoms with E-state index in [0.29, 0.717) is 12.8 Å². The van der Waals surface area contributed by atoms with Crippen LogP contribution in [0.15, 0.2) is 22.7 Å². The average molecular weight is 383 g/mol. The maximum Gasteiger partial charge on any atom is 0.326 e. The number of aliphatic carboxylic acids is 1. The molecule has 2 amide bonds. The van der Waals surface area contributed by atoms with E-state index in [0.717, 1.165) is 15.6 Å². The van der Waals surface area contributed by atoms with Gasteiger partial charge in [-0.1, -0.05) is 35.0 Å². The van der Waals surface area contributed by atoms with Crippen molar-refractivity contribution in [2.75, 3.05) is 6.54 Å². The molecule has 0 spiro atoms. The lowest BCUT2D eigenvalue weighted by Gasteiger charge is -2.35. The minimum absolute atomic E-state index is 0.175. The number of nitrogens with one attached hydrogen (secondary N) is 1. The molecule has 1 unspecified atom stereocenters. The zero-order valence-electron chi connectivity index (χ0n) is 12.8. The Bertz CT molecular complexity index is 633. The van der Waals surface area contributed by atoms with E-state index in [4.69, 9.17) is 0 Å². The van der Waals surface area contributed by atoms with Gasteiger partial charge in [-0.25, -0.2) is 4.79 Å². The van der Waals surface area contributed by atoms with Gasteiger partial charge in [-0.2, -0.15) is 0 Å². The maximum absolute atomic E-state index is 12.4. The van der Waals surface area contributed by atoms with Gasteiger partial charge in [0.15, 0.2) is 0 Å². The SMILES string of the molecule is CCCC(=O)NCC(=O)N1Cc2cccc(Br)c2CC1C(=O)O. The number of carbonyl (C=O) groups is 3. The molecule has 1 heterocycles. The van der Waals surface area contributed by atoms with Gasteiger partial charge in [0.1, 0.15) is 6.04 Å². The summed E-state index contributed by atoms with van der Waals surface area (Å²) in [5, 5.41) is 12.0. The first-order valence-corrected chi connectivity index (χ1v) is 8.28. The molecule has 0 saturated heterocycles. The molecule has 1 aliphatic heterocycles. The maximum atomic E-state index is 12.4. The van der Waals surface area contributed by atoms with Crippen molar-refractivity contribution in [3.05, 3.63) is 33.8 Å². The lowest BCUT2D eigenvalue weighted by Crippen LogP contribution is -2.51. The summed E-state index contributed by atoms with van der Waals surface area (Å²) in [5.74, 6) is -1.63. The number of rotatable bonds is 5. The Morgan fingerprint density at radius 2 is 2.13 bits per heavy atom. The molecule has 124 valence electrons. The second-order valence-corrected chi connectivity index (χ2v) is 6.34. The molecule has 0 aliphatic carbocycles. The van der Waals surface area contributed by atoms with Crippen molar-refractivity contribution in [3.8, 4) is 0 Å². The van der Waals surface area contributed by atoms with E-state index >= 15 is 0 Å². The third kappa shape index (κ3) is 4.10. The number of nitrogens with zero attached hydrogens (tertiary/aromatic N) is 1. The van der Waals surface area contributed by atoms with E-state index in [1.54, 1.807) is 0 Å². The normalized spacial score (nSPS) is 16.6. The van der Waals surface area contributed by atoms with E-state index in [2.05, 4.69) is 21.2 Å². The molecule has 2 N–H and O–H groups in total. The van der Waals surface area contributed by atoms with E-state index < -0.39 is 12.0 Å². The Kier molecular flexibility index (Phi) is 5.76. The molecular formula is C16H19BrN2O4. The zero-order chi connectivity index (χ0) is 17.0. The fourth-order valence-electron chi connectivity index (χ4n) is 2.65. The van der Waals surface area contributed by atoms with Gasteiger partial charge in [0, 0.05) is 23.9 Å². The highest BCUT2D eigenvalue weighted by Crippen LogP contribution is 2.29. The largest absolute Gasteiger partial charge is 0.480 e. The van der Waals surface area contributed by atoms with Crippen LogP contribution in [0.25, 0.3) is 0 Å². The van der Waals surface area contributed by atoms with E-state index in [1.165, 1.54) is 4.90 Å². The first-order valence-electron chi connectivity index (χ1n) is 7.49. The number of carboxylic acids is 1. The molecule has 1 aromatic rings. The third-order valence-electron chi connectivity index (χ3n) is 3.85. The van der Waals surface area contributed by atoms with Crippen molar-refractivity contribution in [2.24, 2.45) is 0 Å². The monoisotopic (exact) mass is 382 g/mol. The number of carbonyl (C=O) groups excluding carboxylic acids is 2. The number of carboxylic acid groups (broad SMARTS) is 1. The van der Waals surface area contributed by atoms with E-state index in [9.17, 15) is 19.5 Å². The molecule has 7 heteroatoms. The lowest BCUT2D eigenvalue weighted by atomic mass is 9.94. The van der Waals surface area contributed by atoms with Crippen LogP contribution in [0.4, 0.5) is 0 Å². The summed E-state index contributed by atoms with van der Waals surface area (Å²) in [4.78, 5) is 36.7. The van der Waals surface area contributed by atoms with Crippen molar-refractivity contribution in [3.63, 3.8) is 0 Å². The summed E-state index contributed by atoms with van der Waals surface area (Å²) in [6.07, 6.45) is 1.30. The van der Waals surface area contributed by atoms with Gasteiger partial charge < -0.3 is 15.3 Å². The molecular weight excluding hydrogens is 364 g/mol. The van der Waals surface area contributed by atoms with Crippen LogP contribution >= 0.6 is 15.9 Å². The van der Waals surface area contributed by atoms with Crippen LogP contribution in [0.1, 0.15) is 30.9 Å². The minimum atomic E-state index is -1.04. The van der Waals surface area contributed by atoms with Gasteiger partial charge in [0.2, 0.25) is 11.8 Å². The summed E-state index contributed by atoms with van der Waals surface area (Å²) < 4.78 is 0.851. The first-order chi connectivity index (χ1) is 10.9. The Morgan fingerprint density at radius 1 is 1.39 bits per heavy atom. The Morgan fingerprint density at radius 3 is 2.78 bits per heavy atom. The molecule has 1 aliphatic rings. The Hall–Kier alpha value is -1.89. The fourth-order valence-corrected chi connectivity index (χ4v) is 3.22. The number of hydrogen-bond acceptors (Lipinski definition) is 3. The van der Waals surface area contributed by atoms with Gasteiger partial charge in [-0.3, -0.25) is 9.59 Å². The smallest absolute Gasteiger partial charge is 0.326 e. The van der Waals surface area contributed by atoms with Crippen LogP contribution in [0, 0.1) is 0 Å². The van der Waals surface area contributed by atoms with Crippen LogP contribution < -0.4 is 5.32 Å². The van der Waals surface area contributed by atoms with Crippen LogP contribution in [0.2, 0.25) is 0 Å². The third-order valence-corrected chi connectivity index (χ3v) is 4.59. The van der Waals surface area contributed by atoms with Gasteiger partial charge >= 0.3 is 5.97 Å². The first kappa shape index (κ1) is 17.5. The summed E-state index contributed by atoms with van der Waals surface area (Å²) in [7, 11) is 0. The molecule has 1 aromatic carbocycles. The standard InChI is InChI=1S/C16H19BrN2O4/c1-2-4-14(20)18-8-15(21)19-9-10-5-3-6-12(17)11(10)7-13(19)16(22)23/h3,5-6,13H,2,4,7-9H2,1H3,(H,18,20)(H,22,23). The molecule has 0 bridgehead atoms. The van der Waals surface area contributed by atoms with Crippen LogP contribution in [0.5, 0.6) is 0 Å². The van der Waals surface area contributed by atoms with Crippen molar-refractivity contribution in [2.45, 2.75) is 38.8 Å². The summed E-state index contributed by atoms with van der Waals surface area (Å²) >= 11 is 3.43. The highest BCUT2D eigenvalue weighted by Gasteiger charge is 2.35. The van der Waals surface area contributed by atoms with Gasteiger partial charge in [-0.05, 0) is 23.6 Å². The second kappa shape index (κ2) is 7.59. The minimum Gasteiger partial charge on any atom is -0.480 e. The highest BCUT2D eigenvalue weighted by molar-refractivity contribution is 9.10. The number of halogens is 1. The highest BCUT2D eigenvalue weighted by atomic mass is 79.9. The molecule has 1 atom stereocenters. The molecule has 2 rings (SSSR count). The van der Waals surface area contributed by atoms with Crippen molar-refractivity contribution < 1.29 is 19.5 Å². The molecule has 23 heavy (non-hydrogen) atoms. The molecule has 0 saturated carbocycles. The molecule has 0 fully saturated rings. The van der Waals surface area contributed by atoms with Crippen LogP contribution in [-0.2, 0) is 27.3 Å². The number of fused-ring (bicyclic) bond motifs is 1. The summed E-state index contributed by atoms with van der Waals surface area (Å²) in [6.45, 7) is 1.93. The molecule has 0 radical (unpaired) electrons. The molecule has 6 nitrogen and oxygen atoms in total. The number of hydrogen-bond donors (Lipinski definition) is 2. The quantitative estimate of drug-likeness (QED) is 0.811. The van der Waals surface area contributed by atoms with Gasteiger partial charge in [0.05, 0.1) is 6.54 Å². The summed E-state index contributed by atoms with van der Waals surface area (Å²) in [5.41, 5.74) is 1.84. The van der Waals surface area contributed by atoms with Crippen molar-refractivity contribution in [1.29, 1.82) is 0 Å². The van der Waals surface area contributed by atoms with Crippen LogP contribution in [0.3, 0.4) is 0 Å².